The van der Waals surface area contributed by atoms with E-state index in [-0.39, 0.29) is 11.4 Å². The summed E-state index contributed by atoms with van der Waals surface area (Å²) in [6, 6.07) is 3.74. The quantitative estimate of drug-likeness (QED) is 0.946. The van der Waals surface area contributed by atoms with Crippen LogP contribution in [0.1, 0.15) is 11.1 Å². The molecule has 0 radical (unpaired) electrons. The van der Waals surface area contributed by atoms with E-state index in [1.807, 2.05) is 4.72 Å². The minimum atomic E-state index is -4.62. The molecule has 1 aromatic heterocycles. The fraction of sp³-hybridized carbons (Fsp3) is 0.182. The molecule has 1 N–H and O–H groups in total. The summed E-state index contributed by atoms with van der Waals surface area (Å²) in [6.07, 6.45) is -3.48. The lowest BCUT2D eigenvalue weighted by Crippen LogP contribution is -2.16. The fourth-order valence-electron chi connectivity index (χ4n) is 1.52. The molecular weight excluding hydrogens is 297 g/mol. The predicted octanol–water partition coefficient (Wildman–Crippen LogP) is 2.80. The highest BCUT2D eigenvalue weighted by Crippen LogP contribution is 2.32. The molecule has 0 saturated heterocycles. The first-order valence-corrected chi connectivity index (χ1v) is 6.79. The van der Waals surface area contributed by atoms with Crippen molar-refractivity contribution in [1.29, 1.82) is 0 Å². The first-order chi connectivity index (χ1) is 9.20. The molecule has 108 valence electrons. The summed E-state index contributed by atoms with van der Waals surface area (Å²) in [7, 11) is -4.17. The van der Waals surface area contributed by atoms with Gasteiger partial charge >= 0.3 is 6.18 Å². The van der Waals surface area contributed by atoms with Crippen LogP contribution in [0.15, 0.2) is 39.9 Å². The Morgan fingerprint density at radius 3 is 2.50 bits per heavy atom. The number of halogens is 3. The molecule has 0 spiro atoms. The van der Waals surface area contributed by atoms with Crippen LogP contribution in [-0.2, 0) is 16.2 Å². The van der Waals surface area contributed by atoms with Crippen LogP contribution in [0.3, 0.4) is 0 Å². The van der Waals surface area contributed by atoms with Gasteiger partial charge in [-0.3, -0.25) is 4.72 Å². The van der Waals surface area contributed by atoms with Gasteiger partial charge in [0.2, 0.25) is 0 Å². The molecule has 5 nitrogen and oxygen atoms in total. The highest BCUT2D eigenvalue weighted by Gasteiger charge is 2.32. The maximum atomic E-state index is 12.6. The second kappa shape index (κ2) is 4.82. The lowest BCUT2D eigenvalue weighted by molar-refractivity contribution is -0.137. The van der Waals surface area contributed by atoms with Gasteiger partial charge in [0, 0.05) is 6.07 Å². The third-order valence-corrected chi connectivity index (χ3v) is 3.98. The normalized spacial score (nSPS) is 12.4. The largest absolute Gasteiger partial charge is 0.416 e. The van der Waals surface area contributed by atoms with Crippen molar-refractivity contribution >= 4 is 15.8 Å². The van der Waals surface area contributed by atoms with Crippen LogP contribution in [-0.4, -0.2) is 13.6 Å². The van der Waals surface area contributed by atoms with Gasteiger partial charge in [-0.2, -0.15) is 13.2 Å². The number of nitrogens with one attached hydrogen (secondary N) is 1. The Labute approximate surface area is 112 Å². The molecule has 0 aliphatic carbocycles. The molecule has 0 saturated carbocycles. The number of anilines is 1. The molecule has 1 aromatic carbocycles. The number of rotatable bonds is 3. The number of sulfonamides is 1. The van der Waals surface area contributed by atoms with Crippen LogP contribution in [0, 0.1) is 6.92 Å². The summed E-state index contributed by atoms with van der Waals surface area (Å²) in [4.78, 5) is -0.463. The molecular formula is C11H9F3N2O3S. The molecule has 0 aliphatic heterocycles. The number of aromatic nitrogens is 1. The Morgan fingerprint density at radius 2 is 1.95 bits per heavy atom. The number of aryl methyl sites for hydroxylation is 1. The molecule has 0 fully saturated rings. The van der Waals surface area contributed by atoms with Crippen molar-refractivity contribution in [2.24, 2.45) is 0 Å². The molecule has 0 unspecified atom stereocenters. The van der Waals surface area contributed by atoms with Crippen molar-refractivity contribution in [3.8, 4) is 0 Å². The second-order valence-electron chi connectivity index (χ2n) is 3.97. The number of benzene rings is 1. The zero-order valence-electron chi connectivity index (χ0n) is 10.1. The van der Waals surface area contributed by atoms with Crippen LogP contribution in [0.5, 0.6) is 0 Å². The van der Waals surface area contributed by atoms with E-state index < -0.39 is 26.7 Å². The van der Waals surface area contributed by atoms with Crippen molar-refractivity contribution < 1.29 is 26.1 Å². The molecule has 0 aliphatic rings. The Balaban J connectivity index is 2.46. The average Bonchev–Trinajstić information content (AvgIpc) is 2.79. The summed E-state index contributed by atoms with van der Waals surface area (Å²) < 4.78 is 68.4. The smallest absolute Gasteiger partial charge is 0.363 e. The lowest BCUT2D eigenvalue weighted by atomic mass is 10.1. The Hall–Kier alpha value is -2.03. The molecule has 0 atom stereocenters. The standard InChI is InChI=1S/C11H9F3N2O3S/c1-7-2-3-8(11(12,13)14)6-9(7)20(17,18)16-10-4-5-19-15-10/h2-6H,1H3,(H,15,16). The number of hydrogen-bond acceptors (Lipinski definition) is 4. The summed E-state index contributed by atoms with van der Waals surface area (Å²) in [5.74, 6) is -0.109. The van der Waals surface area contributed by atoms with Gasteiger partial charge in [0.1, 0.15) is 6.26 Å². The van der Waals surface area contributed by atoms with E-state index in [0.29, 0.717) is 6.07 Å². The highest BCUT2D eigenvalue weighted by molar-refractivity contribution is 7.92. The van der Waals surface area contributed by atoms with E-state index in [1.54, 1.807) is 0 Å². The summed E-state index contributed by atoms with van der Waals surface area (Å²) in [6.45, 7) is 1.40. The molecule has 9 heteroatoms. The molecule has 0 amide bonds. The van der Waals surface area contributed by atoms with E-state index in [0.717, 1.165) is 18.4 Å². The number of nitrogens with zero attached hydrogens (tertiary/aromatic N) is 1. The van der Waals surface area contributed by atoms with Crippen LogP contribution >= 0.6 is 0 Å². The first-order valence-electron chi connectivity index (χ1n) is 5.31. The summed E-state index contributed by atoms with van der Waals surface area (Å²) in [5, 5.41) is 3.34. The SMILES string of the molecule is Cc1ccc(C(F)(F)F)cc1S(=O)(=O)Nc1ccon1. The minimum Gasteiger partial charge on any atom is -0.363 e. The van der Waals surface area contributed by atoms with E-state index in [2.05, 4.69) is 9.68 Å². The van der Waals surface area contributed by atoms with Gasteiger partial charge in [-0.05, 0) is 24.6 Å². The monoisotopic (exact) mass is 306 g/mol. The van der Waals surface area contributed by atoms with Gasteiger partial charge in [0.15, 0.2) is 5.82 Å². The zero-order chi connectivity index (χ0) is 15.0. The predicted molar refractivity (Wildman–Crippen MR) is 63.5 cm³/mol. The van der Waals surface area contributed by atoms with Gasteiger partial charge in [-0.1, -0.05) is 11.2 Å². The van der Waals surface area contributed by atoms with Crippen molar-refractivity contribution in [2.45, 2.75) is 18.0 Å². The maximum Gasteiger partial charge on any atom is 0.416 e. The maximum absolute atomic E-state index is 12.6. The molecule has 20 heavy (non-hydrogen) atoms. The van der Waals surface area contributed by atoms with Crippen molar-refractivity contribution in [3.05, 3.63) is 41.7 Å². The highest BCUT2D eigenvalue weighted by atomic mass is 32.2. The average molecular weight is 306 g/mol. The van der Waals surface area contributed by atoms with Gasteiger partial charge in [0.05, 0.1) is 10.5 Å². The Bertz CT molecular complexity index is 709. The van der Waals surface area contributed by atoms with Gasteiger partial charge < -0.3 is 4.52 Å². The first kappa shape index (κ1) is 14.4. The van der Waals surface area contributed by atoms with Gasteiger partial charge in [0.25, 0.3) is 10.0 Å². The third-order valence-electron chi connectivity index (χ3n) is 2.48. The Kier molecular flexibility index (Phi) is 3.46. The van der Waals surface area contributed by atoms with Crippen molar-refractivity contribution in [2.75, 3.05) is 4.72 Å². The lowest BCUT2D eigenvalue weighted by Gasteiger charge is -2.12. The number of hydrogen-bond donors (Lipinski definition) is 1. The van der Waals surface area contributed by atoms with Crippen molar-refractivity contribution in [3.63, 3.8) is 0 Å². The zero-order valence-corrected chi connectivity index (χ0v) is 10.9. The van der Waals surface area contributed by atoms with Crippen molar-refractivity contribution in [1.82, 2.24) is 5.16 Å². The number of alkyl halides is 3. The topological polar surface area (TPSA) is 72.2 Å². The van der Waals surface area contributed by atoms with Gasteiger partial charge in [-0.25, -0.2) is 8.42 Å². The van der Waals surface area contributed by atoms with E-state index in [9.17, 15) is 21.6 Å². The summed E-state index contributed by atoms with van der Waals surface area (Å²) >= 11 is 0. The van der Waals surface area contributed by atoms with E-state index in [1.165, 1.54) is 13.0 Å². The molecule has 2 aromatic rings. The second-order valence-corrected chi connectivity index (χ2v) is 5.62. The molecule has 1 heterocycles. The molecule has 2 rings (SSSR count). The van der Waals surface area contributed by atoms with Crippen LogP contribution < -0.4 is 4.72 Å². The third kappa shape index (κ3) is 2.93. The van der Waals surface area contributed by atoms with Crippen LogP contribution in [0.4, 0.5) is 19.0 Å². The van der Waals surface area contributed by atoms with Gasteiger partial charge in [-0.15, -0.1) is 0 Å². The van der Waals surface area contributed by atoms with E-state index in [4.69, 9.17) is 0 Å². The van der Waals surface area contributed by atoms with Crippen LogP contribution in [0.25, 0.3) is 0 Å². The Morgan fingerprint density at radius 1 is 1.25 bits per heavy atom. The van der Waals surface area contributed by atoms with Crippen LogP contribution in [0.2, 0.25) is 0 Å². The minimum absolute atomic E-state index is 0.109. The summed E-state index contributed by atoms with van der Waals surface area (Å²) in [5.41, 5.74) is -0.849. The van der Waals surface area contributed by atoms with E-state index >= 15 is 0 Å². The fourth-order valence-corrected chi connectivity index (χ4v) is 2.79. The molecule has 0 bridgehead atoms.